The Morgan fingerprint density at radius 3 is 1.75 bits per heavy atom. The second kappa shape index (κ2) is 16.2. The maximum atomic E-state index is 4.43. The third-order valence-corrected chi connectivity index (χ3v) is 6.27. The van der Waals surface area contributed by atoms with E-state index in [1.165, 1.54) is 77.0 Å². The molecule has 0 saturated carbocycles. The molecule has 138 valence electrons. The summed E-state index contributed by atoms with van der Waals surface area (Å²) in [4.78, 5) is 4.43. The number of aromatic nitrogens is 3. The number of hydrogen-bond acceptors (Lipinski definition) is 5. The van der Waals surface area contributed by atoms with Gasteiger partial charge in [0.1, 0.15) is 11.4 Å². The van der Waals surface area contributed by atoms with Crippen molar-refractivity contribution in [3.8, 4) is 0 Å². The largest absolute Gasteiger partial charge is 0.225 e. The van der Waals surface area contributed by atoms with Crippen molar-refractivity contribution in [1.29, 1.82) is 0 Å². The molecule has 0 atom stereocenters. The molecular weight excluding hydrogens is 334 g/mol. The SMILES string of the molecule is CCCCCCCCSc1ncnnc1SCCCCCCCC. The molecule has 0 saturated heterocycles. The molecule has 24 heavy (non-hydrogen) atoms. The van der Waals surface area contributed by atoms with Gasteiger partial charge in [-0.15, -0.1) is 33.7 Å². The van der Waals surface area contributed by atoms with Gasteiger partial charge >= 0.3 is 0 Å². The van der Waals surface area contributed by atoms with E-state index in [0.717, 1.165) is 21.6 Å². The zero-order valence-electron chi connectivity index (χ0n) is 15.6. The van der Waals surface area contributed by atoms with Gasteiger partial charge in [0, 0.05) is 0 Å². The van der Waals surface area contributed by atoms with Crippen molar-refractivity contribution in [3.05, 3.63) is 6.33 Å². The van der Waals surface area contributed by atoms with Crippen LogP contribution in [0.25, 0.3) is 0 Å². The van der Waals surface area contributed by atoms with Gasteiger partial charge in [-0.3, -0.25) is 0 Å². The molecule has 0 bridgehead atoms. The smallest absolute Gasteiger partial charge is 0.151 e. The lowest BCUT2D eigenvalue weighted by Gasteiger charge is -2.06. The number of unbranched alkanes of at least 4 members (excludes halogenated alkanes) is 10. The average molecular weight is 370 g/mol. The van der Waals surface area contributed by atoms with Gasteiger partial charge in [-0.05, 0) is 24.3 Å². The van der Waals surface area contributed by atoms with Crippen molar-refractivity contribution in [2.45, 2.75) is 101 Å². The first-order chi connectivity index (χ1) is 11.9. The molecule has 0 aliphatic carbocycles. The van der Waals surface area contributed by atoms with Crippen LogP contribution in [0.2, 0.25) is 0 Å². The molecule has 0 spiro atoms. The van der Waals surface area contributed by atoms with E-state index in [0.29, 0.717) is 0 Å². The fourth-order valence-corrected chi connectivity index (χ4v) is 4.55. The predicted octanol–water partition coefficient (Wildman–Crippen LogP) is 6.78. The summed E-state index contributed by atoms with van der Waals surface area (Å²) < 4.78 is 0. The highest BCUT2D eigenvalue weighted by atomic mass is 32.2. The Balaban J connectivity index is 2.14. The van der Waals surface area contributed by atoms with Crippen molar-refractivity contribution in [1.82, 2.24) is 15.2 Å². The monoisotopic (exact) mass is 369 g/mol. The van der Waals surface area contributed by atoms with Crippen LogP contribution in [-0.2, 0) is 0 Å². The van der Waals surface area contributed by atoms with Gasteiger partial charge in [-0.1, -0.05) is 78.1 Å². The van der Waals surface area contributed by atoms with Gasteiger partial charge in [-0.2, -0.15) is 0 Å². The van der Waals surface area contributed by atoms with Crippen LogP contribution in [0.1, 0.15) is 90.9 Å². The van der Waals surface area contributed by atoms with E-state index < -0.39 is 0 Å². The molecule has 0 amide bonds. The fraction of sp³-hybridized carbons (Fsp3) is 0.842. The number of thioether (sulfide) groups is 2. The lowest BCUT2D eigenvalue weighted by molar-refractivity contribution is 0.626. The third-order valence-electron chi connectivity index (χ3n) is 4.03. The van der Waals surface area contributed by atoms with Gasteiger partial charge in [0.2, 0.25) is 0 Å². The lowest BCUT2D eigenvalue weighted by Crippen LogP contribution is -1.94. The summed E-state index contributed by atoms with van der Waals surface area (Å²) in [6, 6.07) is 0. The first-order valence-corrected chi connectivity index (χ1v) is 11.8. The molecule has 0 radical (unpaired) electrons. The highest BCUT2D eigenvalue weighted by molar-refractivity contribution is 8.02. The summed E-state index contributed by atoms with van der Waals surface area (Å²) in [6.07, 6.45) is 17.7. The summed E-state index contributed by atoms with van der Waals surface area (Å²) in [5.74, 6) is 2.28. The Hall–Kier alpha value is -0.290. The molecule has 1 rings (SSSR count). The zero-order chi connectivity index (χ0) is 17.3. The molecule has 1 heterocycles. The number of hydrogen-bond donors (Lipinski definition) is 0. The van der Waals surface area contributed by atoms with E-state index in [9.17, 15) is 0 Å². The Morgan fingerprint density at radius 1 is 0.667 bits per heavy atom. The van der Waals surface area contributed by atoms with Crippen molar-refractivity contribution in [3.63, 3.8) is 0 Å². The van der Waals surface area contributed by atoms with E-state index in [2.05, 4.69) is 29.0 Å². The molecule has 0 N–H and O–H groups in total. The highest BCUT2D eigenvalue weighted by Crippen LogP contribution is 2.28. The molecule has 0 aliphatic rings. The van der Waals surface area contributed by atoms with E-state index in [1.54, 1.807) is 6.33 Å². The summed E-state index contributed by atoms with van der Waals surface area (Å²) in [5.41, 5.74) is 0. The molecule has 0 aromatic carbocycles. The standard InChI is InChI=1S/C19H35N3S2/c1-3-5-7-9-11-13-15-23-18-19(22-21-17-20-18)24-16-14-12-10-8-6-4-2/h17H,3-16H2,1-2H3. The summed E-state index contributed by atoms with van der Waals surface area (Å²) >= 11 is 3.68. The van der Waals surface area contributed by atoms with Gasteiger partial charge in [0.25, 0.3) is 0 Å². The van der Waals surface area contributed by atoms with E-state index in [-0.39, 0.29) is 0 Å². The molecule has 3 nitrogen and oxygen atoms in total. The summed E-state index contributed by atoms with van der Waals surface area (Å²) in [6.45, 7) is 4.53. The second-order valence-corrected chi connectivity index (χ2v) is 8.47. The van der Waals surface area contributed by atoms with Crippen molar-refractivity contribution in [2.75, 3.05) is 11.5 Å². The molecule has 0 unspecified atom stereocenters. The molecule has 1 aromatic heterocycles. The molecular formula is C19H35N3S2. The minimum Gasteiger partial charge on any atom is -0.225 e. The first kappa shape index (κ1) is 21.8. The molecule has 0 aliphatic heterocycles. The zero-order valence-corrected chi connectivity index (χ0v) is 17.3. The Morgan fingerprint density at radius 2 is 1.17 bits per heavy atom. The number of rotatable bonds is 16. The lowest BCUT2D eigenvalue weighted by atomic mass is 10.1. The summed E-state index contributed by atoms with van der Waals surface area (Å²) in [7, 11) is 0. The van der Waals surface area contributed by atoms with Crippen LogP contribution in [0.15, 0.2) is 16.4 Å². The van der Waals surface area contributed by atoms with Crippen LogP contribution in [0, 0.1) is 0 Å². The molecule has 1 aromatic rings. The third kappa shape index (κ3) is 11.3. The number of nitrogens with zero attached hydrogens (tertiary/aromatic N) is 3. The first-order valence-electron chi connectivity index (χ1n) is 9.81. The molecule has 5 heteroatoms. The maximum Gasteiger partial charge on any atom is 0.151 e. The predicted molar refractivity (Wildman–Crippen MR) is 108 cm³/mol. The van der Waals surface area contributed by atoms with Crippen LogP contribution in [0.5, 0.6) is 0 Å². The normalized spacial score (nSPS) is 11.1. The maximum absolute atomic E-state index is 4.43. The fourth-order valence-electron chi connectivity index (χ4n) is 2.55. The van der Waals surface area contributed by atoms with E-state index in [1.807, 2.05) is 23.5 Å². The van der Waals surface area contributed by atoms with Crippen LogP contribution >= 0.6 is 23.5 Å². The van der Waals surface area contributed by atoms with Crippen LogP contribution in [0.3, 0.4) is 0 Å². The quantitative estimate of drug-likeness (QED) is 0.237. The average Bonchev–Trinajstić information content (AvgIpc) is 2.61. The Labute approximate surface area is 157 Å². The minimum absolute atomic E-state index is 1.03. The molecule has 0 fully saturated rings. The highest BCUT2D eigenvalue weighted by Gasteiger charge is 2.07. The minimum atomic E-state index is 1.03. The van der Waals surface area contributed by atoms with Crippen LogP contribution < -0.4 is 0 Å². The van der Waals surface area contributed by atoms with E-state index >= 15 is 0 Å². The van der Waals surface area contributed by atoms with Gasteiger partial charge in [0.15, 0.2) is 5.03 Å². The van der Waals surface area contributed by atoms with Crippen LogP contribution in [0.4, 0.5) is 0 Å². The topological polar surface area (TPSA) is 38.7 Å². The van der Waals surface area contributed by atoms with Gasteiger partial charge < -0.3 is 0 Å². The van der Waals surface area contributed by atoms with Gasteiger partial charge in [0.05, 0.1) is 0 Å². The summed E-state index contributed by atoms with van der Waals surface area (Å²) in [5, 5.41) is 10.4. The van der Waals surface area contributed by atoms with Crippen molar-refractivity contribution in [2.24, 2.45) is 0 Å². The second-order valence-electron chi connectivity index (χ2n) is 6.30. The van der Waals surface area contributed by atoms with E-state index in [4.69, 9.17) is 0 Å². The van der Waals surface area contributed by atoms with Crippen molar-refractivity contribution < 1.29 is 0 Å². The Kier molecular flexibility index (Phi) is 14.7. The van der Waals surface area contributed by atoms with Gasteiger partial charge in [-0.25, -0.2) is 4.98 Å². The van der Waals surface area contributed by atoms with Crippen LogP contribution in [-0.4, -0.2) is 26.7 Å². The van der Waals surface area contributed by atoms with Crippen molar-refractivity contribution >= 4 is 23.5 Å². The Bertz CT molecular complexity index is 365.